The van der Waals surface area contributed by atoms with Crippen LogP contribution in [0.3, 0.4) is 0 Å². The molecule has 1 amide bonds. The number of hydrogen-bond acceptors (Lipinski definition) is 11. The molecular formula is C46H45ClN8O5S. The maximum atomic E-state index is 14.0. The van der Waals surface area contributed by atoms with Gasteiger partial charge in [-0.2, -0.15) is 0 Å². The Hall–Kier alpha value is -6.09. The largest absolute Gasteiger partial charge is 0.489 e. The third-order valence-corrected chi connectivity index (χ3v) is 12.6. The molecule has 1 saturated heterocycles. The average Bonchev–Trinajstić information content (AvgIpc) is 3.75. The summed E-state index contributed by atoms with van der Waals surface area (Å²) in [5, 5.41) is 17.1. The molecule has 5 heterocycles. The zero-order chi connectivity index (χ0) is 42.1. The number of nitrogens with one attached hydrogen (secondary N) is 3. The molecule has 15 heteroatoms. The van der Waals surface area contributed by atoms with Gasteiger partial charge in [0.1, 0.15) is 29.8 Å². The summed E-state index contributed by atoms with van der Waals surface area (Å²) in [6.07, 6.45) is 8.40. The van der Waals surface area contributed by atoms with Crippen LogP contribution in [0, 0.1) is 15.5 Å². The highest BCUT2D eigenvalue weighted by Gasteiger charge is 2.31. The van der Waals surface area contributed by atoms with Crippen LogP contribution in [0.4, 0.5) is 17.1 Å². The van der Waals surface area contributed by atoms with Crippen molar-refractivity contribution in [3.63, 3.8) is 0 Å². The Balaban J connectivity index is 0.921. The van der Waals surface area contributed by atoms with Gasteiger partial charge in [-0.15, -0.1) is 0 Å². The fourth-order valence-electron chi connectivity index (χ4n) is 8.31. The number of rotatable bonds is 11. The Kier molecular flexibility index (Phi) is 11.3. The first-order chi connectivity index (χ1) is 29.5. The van der Waals surface area contributed by atoms with Crippen LogP contribution in [-0.2, 0) is 0 Å². The Morgan fingerprint density at radius 2 is 1.89 bits per heavy atom. The van der Waals surface area contributed by atoms with Crippen molar-refractivity contribution in [2.24, 2.45) is 5.41 Å². The van der Waals surface area contributed by atoms with Crippen molar-refractivity contribution in [2.45, 2.75) is 44.0 Å². The summed E-state index contributed by atoms with van der Waals surface area (Å²) in [4.78, 5) is 43.0. The van der Waals surface area contributed by atoms with Crippen molar-refractivity contribution < 1.29 is 19.2 Å². The third-order valence-electron chi connectivity index (χ3n) is 11.6. The highest BCUT2D eigenvalue weighted by molar-refractivity contribution is 7.98. The number of nitro benzene ring substituents is 1. The van der Waals surface area contributed by atoms with E-state index < -0.39 is 10.8 Å². The van der Waals surface area contributed by atoms with Gasteiger partial charge < -0.3 is 24.7 Å². The highest BCUT2D eigenvalue weighted by atomic mass is 35.5. The van der Waals surface area contributed by atoms with Crippen LogP contribution in [0.25, 0.3) is 16.6 Å². The number of nitro groups is 1. The SMILES string of the molecule is CC1(C)CCC(CN2CCN(c3ccc(C(=O)NSc4cc5c(c([N+](=O)[O-])c4)N[C@@H](c4ccccn4)CO5)c(Oc4cnc5[nH]ccc5c4)c3)CC2)=C(c2ccc(Cl)cc2)C1. The predicted octanol–water partition coefficient (Wildman–Crippen LogP) is 10.1. The second-order valence-corrected chi connectivity index (χ2v) is 17.7. The first kappa shape index (κ1) is 40.3. The van der Waals surface area contributed by atoms with E-state index in [-0.39, 0.29) is 29.4 Å². The molecule has 1 fully saturated rings. The van der Waals surface area contributed by atoms with E-state index in [1.54, 1.807) is 24.5 Å². The Labute approximate surface area is 362 Å². The summed E-state index contributed by atoms with van der Waals surface area (Å²) in [6.45, 7) is 9.27. The number of carbonyl (C=O) groups is 1. The van der Waals surface area contributed by atoms with Crippen molar-refractivity contribution in [1.29, 1.82) is 0 Å². The molecule has 9 rings (SSSR count). The molecule has 6 aromatic rings. The summed E-state index contributed by atoms with van der Waals surface area (Å²) in [5.41, 5.74) is 7.24. The Morgan fingerprint density at radius 1 is 1.05 bits per heavy atom. The number of pyridine rings is 2. The summed E-state index contributed by atoms with van der Waals surface area (Å²) in [6, 6.07) is 25.9. The zero-order valence-corrected chi connectivity index (χ0v) is 35.4. The van der Waals surface area contributed by atoms with Crippen LogP contribution in [-0.4, -0.2) is 70.0 Å². The summed E-state index contributed by atoms with van der Waals surface area (Å²) in [5.74, 6) is 0.736. The maximum absolute atomic E-state index is 14.0. The van der Waals surface area contributed by atoms with Gasteiger partial charge in [-0.1, -0.05) is 49.2 Å². The molecule has 61 heavy (non-hydrogen) atoms. The molecule has 1 atom stereocenters. The maximum Gasteiger partial charge on any atom is 0.297 e. The molecule has 0 saturated carbocycles. The van der Waals surface area contributed by atoms with Crippen molar-refractivity contribution >= 4 is 63.1 Å². The fourth-order valence-corrected chi connectivity index (χ4v) is 9.09. The lowest BCUT2D eigenvalue weighted by Crippen LogP contribution is -2.47. The third kappa shape index (κ3) is 9.02. The minimum Gasteiger partial charge on any atom is -0.489 e. The van der Waals surface area contributed by atoms with Gasteiger partial charge in [-0.25, -0.2) is 4.98 Å². The number of aromatic amines is 1. The van der Waals surface area contributed by atoms with Gasteiger partial charge in [0, 0.05) is 78.2 Å². The number of carbonyl (C=O) groups excluding carboxylic acids is 1. The fraction of sp³-hybridized carbons (Fsp3) is 0.283. The van der Waals surface area contributed by atoms with Crippen LogP contribution < -0.4 is 24.4 Å². The molecule has 0 unspecified atom stereocenters. The van der Waals surface area contributed by atoms with Crippen molar-refractivity contribution in [3.05, 3.63) is 141 Å². The first-order valence-corrected chi connectivity index (χ1v) is 21.5. The number of anilines is 2. The molecule has 2 aliphatic heterocycles. The number of benzene rings is 3. The molecule has 3 aromatic heterocycles. The zero-order valence-electron chi connectivity index (χ0n) is 33.8. The minimum atomic E-state index is -0.464. The number of halogens is 1. The van der Waals surface area contributed by atoms with Gasteiger partial charge in [-0.05, 0) is 102 Å². The molecule has 0 spiro atoms. The number of aromatic nitrogens is 3. The van der Waals surface area contributed by atoms with Gasteiger partial charge in [-0.3, -0.25) is 29.5 Å². The van der Waals surface area contributed by atoms with Gasteiger partial charge in [0.05, 0.1) is 22.4 Å². The standard InChI is InChI=1S/C46H45ClN8O5S/c1-46(2)14-12-31(37(25-46)29-6-8-32(47)9-7-29)27-53-17-19-54(20-18-53)33-10-11-36(41(22-33)60-34-21-30-13-16-49-44(30)50-26-34)45(56)52-61-35-23-40(55(57)58)43-42(24-35)59-28-39(51-43)38-5-3-4-15-48-38/h3-11,13,15-16,21-24,26,39,51H,12,14,17-20,25,27-28H2,1-2H3,(H,49,50)(H,52,56)/t39-/m1/s1. The summed E-state index contributed by atoms with van der Waals surface area (Å²) < 4.78 is 15.3. The molecule has 3 aromatic carbocycles. The number of piperazine rings is 1. The van der Waals surface area contributed by atoms with Crippen molar-refractivity contribution in [2.75, 3.05) is 49.5 Å². The van der Waals surface area contributed by atoms with Gasteiger partial charge in [0.25, 0.3) is 11.6 Å². The number of fused-ring (bicyclic) bond motifs is 2. The van der Waals surface area contributed by atoms with Crippen LogP contribution >= 0.6 is 23.5 Å². The number of amides is 1. The lowest BCUT2D eigenvalue weighted by Gasteiger charge is -2.39. The van der Waals surface area contributed by atoms with E-state index in [9.17, 15) is 14.9 Å². The second-order valence-electron chi connectivity index (χ2n) is 16.4. The van der Waals surface area contributed by atoms with Crippen LogP contribution in [0.15, 0.2) is 114 Å². The average molecular weight is 857 g/mol. The summed E-state index contributed by atoms with van der Waals surface area (Å²) in [7, 11) is 0. The topological polar surface area (TPSA) is 151 Å². The van der Waals surface area contributed by atoms with Gasteiger partial charge >= 0.3 is 0 Å². The number of ether oxygens (including phenoxy) is 2. The molecule has 1 aliphatic carbocycles. The van der Waals surface area contributed by atoms with E-state index in [1.165, 1.54) is 29.2 Å². The minimum absolute atomic E-state index is 0.169. The van der Waals surface area contributed by atoms with Crippen molar-refractivity contribution in [3.8, 4) is 17.2 Å². The van der Waals surface area contributed by atoms with E-state index in [0.717, 1.165) is 79.3 Å². The molecular weight excluding hydrogens is 812 g/mol. The van der Waals surface area contributed by atoms with E-state index in [0.29, 0.717) is 33.4 Å². The number of allylic oxidation sites excluding steroid dienone is 1. The van der Waals surface area contributed by atoms with Crippen LogP contribution in [0.1, 0.15) is 60.8 Å². The number of nitrogens with zero attached hydrogens (tertiary/aromatic N) is 5. The molecule has 3 aliphatic rings. The van der Waals surface area contributed by atoms with E-state index >= 15 is 0 Å². The monoisotopic (exact) mass is 856 g/mol. The smallest absolute Gasteiger partial charge is 0.297 e. The van der Waals surface area contributed by atoms with Gasteiger partial charge in [0.15, 0.2) is 11.4 Å². The van der Waals surface area contributed by atoms with Gasteiger partial charge in [0.2, 0.25) is 0 Å². The number of hydrogen-bond donors (Lipinski definition) is 3. The van der Waals surface area contributed by atoms with Crippen LogP contribution in [0.2, 0.25) is 5.02 Å². The lowest BCUT2D eigenvalue weighted by atomic mass is 9.72. The van der Waals surface area contributed by atoms with E-state index in [4.69, 9.17) is 21.1 Å². The van der Waals surface area contributed by atoms with Crippen LogP contribution in [0.5, 0.6) is 17.2 Å². The summed E-state index contributed by atoms with van der Waals surface area (Å²) >= 11 is 7.22. The normalized spacial score (nSPS) is 17.6. The molecule has 0 radical (unpaired) electrons. The van der Waals surface area contributed by atoms with Crippen molar-refractivity contribution in [1.82, 2.24) is 24.6 Å². The highest BCUT2D eigenvalue weighted by Crippen LogP contribution is 2.45. The Morgan fingerprint density at radius 3 is 2.67 bits per heavy atom. The predicted molar refractivity (Wildman–Crippen MR) is 240 cm³/mol. The molecule has 3 N–H and O–H groups in total. The molecule has 0 bridgehead atoms. The van der Waals surface area contributed by atoms with E-state index in [2.05, 4.69) is 60.8 Å². The Bertz CT molecular complexity index is 2630. The molecule has 312 valence electrons. The van der Waals surface area contributed by atoms with E-state index in [1.807, 2.05) is 60.8 Å². The second kappa shape index (κ2) is 17.1. The quantitative estimate of drug-likeness (QED) is 0.0649. The first-order valence-electron chi connectivity index (χ1n) is 20.3. The lowest BCUT2D eigenvalue weighted by molar-refractivity contribution is -0.384. The molecule has 13 nitrogen and oxygen atoms in total. The number of H-pyrrole nitrogens is 1.